The highest BCUT2D eigenvalue weighted by Gasteiger charge is 2.30. The summed E-state index contributed by atoms with van der Waals surface area (Å²) in [5.41, 5.74) is -0.411. The van der Waals surface area contributed by atoms with Crippen LogP contribution in [0.1, 0.15) is 37.7 Å². The van der Waals surface area contributed by atoms with Crippen molar-refractivity contribution >= 4 is 11.6 Å². The maximum absolute atomic E-state index is 12.6. The first kappa shape index (κ1) is 16.6. The quantitative estimate of drug-likeness (QED) is 0.914. The van der Waals surface area contributed by atoms with E-state index in [0.29, 0.717) is 5.69 Å². The number of amides is 1. The predicted octanol–water partition coefficient (Wildman–Crippen LogP) is 3.91. The average Bonchev–Trinajstić information content (AvgIpc) is 2.52. The van der Waals surface area contributed by atoms with E-state index in [1.54, 1.807) is 11.9 Å². The minimum absolute atomic E-state index is 0.00824. The van der Waals surface area contributed by atoms with Gasteiger partial charge in [-0.1, -0.05) is 25.3 Å². The van der Waals surface area contributed by atoms with Crippen LogP contribution >= 0.6 is 0 Å². The van der Waals surface area contributed by atoms with Gasteiger partial charge in [0.2, 0.25) is 5.91 Å². The van der Waals surface area contributed by atoms with Crippen molar-refractivity contribution in [1.82, 2.24) is 4.90 Å². The van der Waals surface area contributed by atoms with Crippen LogP contribution in [0.5, 0.6) is 0 Å². The Morgan fingerprint density at radius 1 is 1.27 bits per heavy atom. The molecule has 3 nitrogen and oxygen atoms in total. The Balaban J connectivity index is 1.90. The highest BCUT2D eigenvalue weighted by Crippen LogP contribution is 2.30. The SMILES string of the molecule is CN(C(=O)CNc1cccc(C(F)(F)F)c1)C1CCCCC1. The third kappa shape index (κ3) is 4.39. The minimum atomic E-state index is -4.37. The van der Waals surface area contributed by atoms with E-state index in [0.717, 1.165) is 37.8 Å². The number of nitrogens with one attached hydrogen (secondary N) is 1. The Morgan fingerprint density at radius 2 is 1.95 bits per heavy atom. The smallest absolute Gasteiger partial charge is 0.376 e. The molecule has 122 valence electrons. The molecule has 1 aliphatic carbocycles. The summed E-state index contributed by atoms with van der Waals surface area (Å²) in [6.45, 7) is 0.00824. The summed E-state index contributed by atoms with van der Waals surface area (Å²) < 4.78 is 37.9. The maximum atomic E-state index is 12.6. The van der Waals surface area contributed by atoms with Crippen molar-refractivity contribution in [2.45, 2.75) is 44.3 Å². The molecule has 0 atom stereocenters. The second kappa shape index (κ2) is 7.03. The fraction of sp³-hybridized carbons (Fsp3) is 0.562. The van der Waals surface area contributed by atoms with Crippen LogP contribution < -0.4 is 5.32 Å². The van der Waals surface area contributed by atoms with Crippen LogP contribution in [0.15, 0.2) is 24.3 Å². The van der Waals surface area contributed by atoms with E-state index < -0.39 is 11.7 Å². The highest BCUT2D eigenvalue weighted by molar-refractivity contribution is 5.81. The molecular weight excluding hydrogens is 293 g/mol. The van der Waals surface area contributed by atoms with Gasteiger partial charge in [0.15, 0.2) is 0 Å². The van der Waals surface area contributed by atoms with Crippen molar-refractivity contribution < 1.29 is 18.0 Å². The second-order valence-corrected chi connectivity index (χ2v) is 5.73. The third-order valence-corrected chi connectivity index (χ3v) is 4.15. The molecular formula is C16H21F3N2O. The zero-order chi connectivity index (χ0) is 16.2. The topological polar surface area (TPSA) is 32.3 Å². The Kier molecular flexibility index (Phi) is 5.32. The van der Waals surface area contributed by atoms with E-state index in [1.165, 1.54) is 18.6 Å². The van der Waals surface area contributed by atoms with Crippen molar-refractivity contribution in [3.63, 3.8) is 0 Å². The molecule has 0 heterocycles. The number of carbonyl (C=O) groups is 1. The summed E-state index contributed by atoms with van der Waals surface area (Å²) in [4.78, 5) is 13.9. The summed E-state index contributed by atoms with van der Waals surface area (Å²) >= 11 is 0. The fourth-order valence-electron chi connectivity index (χ4n) is 2.78. The van der Waals surface area contributed by atoms with Gasteiger partial charge in [0.1, 0.15) is 0 Å². The molecule has 1 amide bonds. The van der Waals surface area contributed by atoms with Crippen LogP contribution in [0.25, 0.3) is 0 Å². The van der Waals surface area contributed by atoms with Crippen LogP contribution in [0.4, 0.5) is 18.9 Å². The first-order valence-electron chi connectivity index (χ1n) is 7.55. The van der Waals surface area contributed by atoms with Gasteiger partial charge in [-0.2, -0.15) is 13.2 Å². The van der Waals surface area contributed by atoms with E-state index >= 15 is 0 Å². The lowest BCUT2D eigenvalue weighted by Crippen LogP contribution is -2.41. The van der Waals surface area contributed by atoms with Crippen LogP contribution in [0, 0.1) is 0 Å². The summed E-state index contributed by atoms with van der Waals surface area (Å²) in [6, 6.07) is 5.16. The molecule has 6 heteroatoms. The molecule has 1 N–H and O–H groups in total. The van der Waals surface area contributed by atoms with Crippen molar-refractivity contribution in [3.8, 4) is 0 Å². The number of rotatable bonds is 4. The molecule has 0 aliphatic heterocycles. The first-order valence-corrected chi connectivity index (χ1v) is 7.55. The van der Waals surface area contributed by atoms with Crippen LogP contribution in [-0.2, 0) is 11.0 Å². The lowest BCUT2D eigenvalue weighted by molar-refractivity contribution is -0.137. The van der Waals surface area contributed by atoms with Gasteiger partial charge >= 0.3 is 6.18 Å². The number of hydrogen-bond donors (Lipinski definition) is 1. The molecule has 0 saturated heterocycles. The van der Waals surface area contributed by atoms with Gasteiger partial charge in [-0.05, 0) is 31.0 Å². The van der Waals surface area contributed by atoms with E-state index in [1.807, 2.05) is 0 Å². The largest absolute Gasteiger partial charge is 0.416 e. The summed E-state index contributed by atoms with van der Waals surface area (Å²) in [5, 5.41) is 2.79. The standard InChI is InChI=1S/C16H21F3N2O/c1-21(14-8-3-2-4-9-14)15(22)11-20-13-7-5-6-12(10-13)16(17,18)19/h5-7,10,14,20H,2-4,8-9,11H2,1H3. The molecule has 0 bridgehead atoms. The van der Waals surface area contributed by atoms with Gasteiger partial charge in [-0.15, -0.1) is 0 Å². The van der Waals surface area contributed by atoms with Crippen LogP contribution in [0.3, 0.4) is 0 Å². The van der Waals surface area contributed by atoms with E-state index in [4.69, 9.17) is 0 Å². The molecule has 2 rings (SSSR count). The third-order valence-electron chi connectivity index (χ3n) is 4.15. The Hall–Kier alpha value is -1.72. The molecule has 0 aromatic heterocycles. The number of alkyl halides is 3. The van der Waals surface area contributed by atoms with Crippen LogP contribution in [-0.4, -0.2) is 30.4 Å². The molecule has 1 aromatic rings. The van der Waals surface area contributed by atoms with E-state index in [9.17, 15) is 18.0 Å². The molecule has 1 aliphatic rings. The van der Waals surface area contributed by atoms with Crippen molar-refractivity contribution in [1.29, 1.82) is 0 Å². The maximum Gasteiger partial charge on any atom is 0.416 e. The van der Waals surface area contributed by atoms with E-state index in [2.05, 4.69) is 5.32 Å². The van der Waals surface area contributed by atoms with Crippen molar-refractivity contribution in [3.05, 3.63) is 29.8 Å². The summed E-state index contributed by atoms with van der Waals surface area (Å²) in [5.74, 6) is -0.0932. The zero-order valence-electron chi connectivity index (χ0n) is 12.6. The number of anilines is 1. The lowest BCUT2D eigenvalue weighted by Gasteiger charge is -2.31. The minimum Gasteiger partial charge on any atom is -0.376 e. The number of nitrogens with zero attached hydrogens (tertiary/aromatic N) is 1. The molecule has 1 aromatic carbocycles. The van der Waals surface area contributed by atoms with E-state index in [-0.39, 0.29) is 18.5 Å². The molecule has 0 radical (unpaired) electrons. The summed E-state index contributed by atoms with van der Waals surface area (Å²) in [7, 11) is 1.77. The number of benzene rings is 1. The Bertz CT molecular complexity index is 510. The van der Waals surface area contributed by atoms with Crippen molar-refractivity contribution in [2.75, 3.05) is 18.9 Å². The molecule has 22 heavy (non-hydrogen) atoms. The molecule has 0 unspecified atom stereocenters. The number of likely N-dealkylation sites (N-methyl/N-ethyl adjacent to an activating group) is 1. The number of halogens is 3. The van der Waals surface area contributed by atoms with Crippen LogP contribution in [0.2, 0.25) is 0 Å². The normalized spacial score (nSPS) is 16.4. The van der Waals surface area contributed by atoms with Gasteiger partial charge in [0.25, 0.3) is 0 Å². The predicted molar refractivity (Wildman–Crippen MR) is 79.6 cm³/mol. The van der Waals surface area contributed by atoms with Gasteiger partial charge in [0.05, 0.1) is 12.1 Å². The average molecular weight is 314 g/mol. The Labute approximate surface area is 128 Å². The second-order valence-electron chi connectivity index (χ2n) is 5.73. The molecule has 0 spiro atoms. The Morgan fingerprint density at radius 3 is 2.59 bits per heavy atom. The zero-order valence-corrected chi connectivity index (χ0v) is 12.6. The van der Waals surface area contributed by atoms with Gasteiger partial charge in [-0.3, -0.25) is 4.79 Å². The lowest BCUT2D eigenvalue weighted by atomic mass is 9.94. The number of hydrogen-bond acceptors (Lipinski definition) is 2. The highest BCUT2D eigenvalue weighted by atomic mass is 19.4. The van der Waals surface area contributed by atoms with Gasteiger partial charge in [-0.25, -0.2) is 0 Å². The monoisotopic (exact) mass is 314 g/mol. The molecule has 1 saturated carbocycles. The van der Waals surface area contributed by atoms with Gasteiger partial charge < -0.3 is 10.2 Å². The summed E-state index contributed by atoms with van der Waals surface area (Å²) in [6.07, 6.45) is 1.10. The van der Waals surface area contributed by atoms with Gasteiger partial charge in [0, 0.05) is 18.8 Å². The molecule has 1 fully saturated rings. The first-order chi connectivity index (χ1) is 10.4. The fourth-order valence-corrected chi connectivity index (χ4v) is 2.78. The number of carbonyl (C=O) groups excluding carboxylic acids is 1. The van der Waals surface area contributed by atoms with Crippen molar-refractivity contribution in [2.24, 2.45) is 0 Å².